The average Bonchev–Trinajstić information content (AvgIpc) is 2.82. The Morgan fingerprint density at radius 1 is 1.06 bits per heavy atom. The van der Waals surface area contributed by atoms with Crippen LogP contribution in [0.4, 0.5) is 5.69 Å². The fraction of sp³-hybridized carbons (Fsp3) is 0.536. The van der Waals surface area contributed by atoms with E-state index in [-0.39, 0.29) is 18.5 Å². The number of hydrogen-bond donors (Lipinski definition) is 1. The summed E-state index contributed by atoms with van der Waals surface area (Å²) in [6.45, 7) is 10.4. The summed E-state index contributed by atoms with van der Waals surface area (Å²) in [6.07, 6.45) is 2.37. The van der Waals surface area contributed by atoms with Gasteiger partial charge in [-0.1, -0.05) is 49.2 Å². The van der Waals surface area contributed by atoms with Crippen molar-refractivity contribution in [3.63, 3.8) is 0 Å². The number of aryl methyl sites for hydroxylation is 2. The first-order valence-electron chi connectivity index (χ1n) is 12.9. The molecule has 2 aliphatic rings. The largest absolute Gasteiger partial charge is 0.371 e. The van der Waals surface area contributed by atoms with Gasteiger partial charge in [0.25, 0.3) is 0 Å². The third kappa shape index (κ3) is 6.35. The Kier molecular flexibility index (Phi) is 8.19. The fourth-order valence-electron chi connectivity index (χ4n) is 5.28. The standard InChI is InChI=1S/C28H39N3O4S/c1-21(2)16-25-18-35-28(20-31(25)36(33,34)26-12-8-23(4)9-13-26)14-5-15-30(19-28)17-27(32)29-24-10-6-22(3)7-11-24/h6-13,21,25H,5,14-20H2,1-4H3,(H,29,32)/t25-,28-/m0/s1. The lowest BCUT2D eigenvalue weighted by Gasteiger charge is -2.50. The van der Waals surface area contributed by atoms with E-state index in [1.54, 1.807) is 16.4 Å². The van der Waals surface area contributed by atoms with Gasteiger partial charge >= 0.3 is 0 Å². The molecular formula is C28H39N3O4S. The van der Waals surface area contributed by atoms with E-state index in [4.69, 9.17) is 4.74 Å². The Bertz CT molecular complexity index is 1150. The first-order valence-corrected chi connectivity index (χ1v) is 14.3. The van der Waals surface area contributed by atoms with Crippen molar-refractivity contribution in [1.82, 2.24) is 9.21 Å². The topological polar surface area (TPSA) is 79.0 Å². The molecule has 0 bridgehead atoms. The second-order valence-corrected chi connectivity index (χ2v) is 12.8. The number of sulfonamides is 1. The molecule has 1 N–H and O–H groups in total. The van der Waals surface area contributed by atoms with E-state index in [0.717, 1.165) is 42.6 Å². The summed E-state index contributed by atoms with van der Waals surface area (Å²) in [6, 6.07) is 14.6. The molecule has 2 saturated heterocycles. The molecular weight excluding hydrogens is 474 g/mol. The number of morpholine rings is 1. The van der Waals surface area contributed by atoms with E-state index in [1.807, 2.05) is 50.2 Å². The zero-order valence-corrected chi connectivity index (χ0v) is 22.7. The maximum Gasteiger partial charge on any atom is 0.243 e. The quantitative estimate of drug-likeness (QED) is 0.600. The minimum atomic E-state index is -3.68. The molecule has 0 aliphatic carbocycles. The third-order valence-electron chi connectivity index (χ3n) is 7.13. The maximum absolute atomic E-state index is 13.8. The molecule has 0 radical (unpaired) electrons. The van der Waals surface area contributed by atoms with Crippen molar-refractivity contribution >= 4 is 21.6 Å². The smallest absolute Gasteiger partial charge is 0.243 e. The van der Waals surface area contributed by atoms with E-state index in [1.165, 1.54) is 0 Å². The lowest BCUT2D eigenvalue weighted by molar-refractivity contribution is -0.146. The minimum Gasteiger partial charge on any atom is -0.371 e. The number of nitrogens with zero attached hydrogens (tertiary/aromatic N) is 2. The second-order valence-electron chi connectivity index (χ2n) is 10.9. The average molecular weight is 514 g/mol. The van der Waals surface area contributed by atoms with Crippen molar-refractivity contribution < 1.29 is 17.9 Å². The molecule has 4 rings (SSSR count). The monoisotopic (exact) mass is 513 g/mol. The number of benzene rings is 2. The van der Waals surface area contributed by atoms with Gasteiger partial charge < -0.3 is 10.1 Å². The Balaban J connectivity index is 1.49. The van der Waals surface area contributed by atoms with Crippen LogP contribution in [-0.2, 0) is 19.6 Å². The molecule has 2 heterocycles. The van der Waals surface area contributed by atoms with Crippen molar-refractivity contribution in [2.24, 2.45) is 5.92 Å². The molecule has 0 saturated carbocycles. The van der Waals surface area contributed by atoms with E-state index < -0.39 is 15.6 Å². The van der Waals surface area contributed by atoms with E-state index >= 15 is 0 Å². The van der Waals surface area contributed by atoms with Crippen LogP contribution in [0.2, 0.25) is 0 Å². The SMILES string of the molecule is Cc1ccc(NC(=O)CN2CCC[C@]3(C2)CN(S(=O)(=O)c2ccc(C)cc2)[C@@H](CC(C)C)CO3)cc1. The Morgan fingerprint density at radius 3 is 2.33 bits per heavy atom. The van der Waals surface area contributed by atoms with Gasteiger partial charge in [0.05, 0.1) is 23.6 Å². The van der Waals surface area contributed by atoms with E-state index in [9.17, 15) is 13.2 Å². The molecule has 2 fully saturated rings. The van der Waals surface area contributed by atoms with Crippen LogP contribution in [0.25, 0.3) is 0 Å². The summed E-state index contributed by atoms with van der Waals surface area (Å²) < 4.78 is 35.7. The number of nitrogens with one attached hydrogen (secondary N) is 1. The number of rotatable bonds is 7. The number of hydrogen-bond acceptors (Lipinski definition) is 5. The van der Waals surface area contributed by atoms with E-state index in [2.05, 4.69) is 24.1 Å². The van der Waals surface area contributed by atoms with Crippen LogP contribution >= 0.6 is 0 Å². The van der Waals surface area contributed by atoms with E-state index in [0.29, 0.717) is 30.5 Å². The summed E-state index contributed by atoms with van der Waals surface area (Å²) >= 11 is 0. The Morgan fingerprint density at radius 2 is 1.69 bits per heavy atom. The molecule has 2 aromatic carbocycles. The number of amides is 1. The van der Waals surface area contributed by atoms with Crippen molar-refractivity contribution in [3.8, 4) is 0 Å². The number of carbonyl (C=O) groups is 1. The predicted molar refractivity (Wildman–Crippen MR) is 142 cm³/mol. The molecule has 2 aliphatic heterocycles. The van der Waals surface area contributed by atoms with Gasteiger partial charge in [-0.2, -0.15) is 4.31 Å². The summed E-state index contributed by atoms with van der Waals surface area (Å²) in [5.74, 6) is 0.269. The lowest BCUT2D eigenvalue weighted by atomic mass is 9.89. The minimum absolute atomic E-state index is 0.0754. The van der Waals surface area contributed by atoms with Crippen molar-refractivity contribution in [1.29, 1.82) is 0 Å². The van der Waals surface area contributed by atoms with Gasteiger partial charge in [0.15, 0.2) is 0 Å². The summed E-state index contributed by atoms with van der Waals surface area (Å²) in [5.41, 5.74) is 2.32. The summed E-state index contributed by atoms with van der Waals surface area (Å²) in [4.78, 5) is 15.2. The number of anilines is 1. The highest BCUT2D eigenvalue weighted by molar-refractivity contribution is 7.89. The van der Waals surface area contributed by atoms with Gasteiger partial charge in [0.2, 0.25) is 15.9 Å². The molecule has 0 unspecified atom stereocenters. The van der Waals surface area contributed by atoms with Crippen LogP contribution < -0.4 is 5.32 Å². The highest BCUT2D eigenvalue weighted by atomic mass is 32.2. The number of likely N-dealkylation sites (tertiary alicyclic amines) is 1. The normalized spacial score (nSPS) is 23.8. The molecule has 1 amide bonds. The third-order valence-corrected chi connectivity index (χ3v) is 9.04. The molecule has 2 atom stereocenters. The molecule has 1 spiro atoms. The number of piperidine rings is 1. The van der Waals surface area contributed by atoms with Gasteiger partial charge in [0, 0.05) is 24.8 Å². The fourth-order valence-corrected chi connectivity index (χ4v) is 6.98. The van der Waals surface area contributed by atoms with Crippen molar-refractivity contribution in [2.75, 3.05) is 38.1 Å². The van der Waals surface area contributed by atoms with Gasteiger partial charge in [0.1, 0.15) is 0 Å². The predicted octanol–water partition coefficient (Wildman–Crippen LogP) is 4.21. The highest BCUT2D eigenvalue weighted by Crippen LogP contribution is 2.35. The van der Waals surface area contributed by atoms with Crippen LogP contribution in [0.1, 0.15) is 44.2 Å². The molecule has 36 heavy (non-hydrogen) atoms. The summed E-state index contributed by atoms with van der Waals surface area (Å²) in [7, 11) is -3.68. The van der Waals surface area contributed by atoms with Gasteiger partial charge in [-0.3, -0.25) is 9.69 Å². The lowest BCUT2D eigenvalue weighted by Crippen LogP contribution is -2.64. The van der Waals surface area contributed by atoms with Crippen LogP contribution in [-0.4, -0.2) is 68.0 Å². The van der Waals surface area contributed by atoms with Crippen LogP contribution in [0.5, 0.6) is 0 Å². The van der Waals surface area contributed by atoms with Crippen LogP contribution in [0.3, 0.4) is 0 Å². The maximum atomic E-state index is 13.8. The van der Waals surface area contributed by atoms with Gasteiger partial charge in [-0.15, -0.1) is 0 Å². The molecule has 196 valence electrons. The number of carbonyl (C=O) groups excluding carboxylic acids is 1. The zero-order chi connectivity index (χ0) is 25.9. The molecule has 2 aromatic rings. The molecule has 8 heteroatoms. The van der Waals surface area contributed by atoms with Crippen LogP contribution in [0.15, 0.2) is 53.4 Å². The van der Waals surface area contributed by atoms with Gasteiger partial charge in [-0.05, 0) is 69.8 Å². The highest BCUT2D eigenvalue weighted by Gasteiger charge is 2.47. The number of ether oxygens (including phenoxy) is 1. The first kappa shape index (κ1) is 26.8. The zero-order valence-electron chi connectivity index (χ0n) is 21.9. The van der Waals surface area contributed by atoms with Crippen molar-refractivity contribution in [2.45, 2.75) is 63.5 Å². The first-order chi connectivity index (χ1) is 17.1. The van der Waals surface area contributed by atoms with Gasteiger partial charge in [-0.25, -0.2) is 8.42 Å². The second kappa shape index (κ2) is 11.0. The Labute approximate surface area is 215 Å². The van der Waals surface area contributed by atoms with Crippen LogP contribution in [0, 0.1) is 19.8 Å². The summed E-state index contributed by atoms with van der Waals surface area (Å²) in [5, 5.41) is 2.97. The molecule has 0 aromatic heterocycles. The van der Waals surface area contributed by atoms with Crippen molar-refractivity contribution in [3.05, 3.63) is 59.7 Å². The Hall–Kier alpha value is -2.26. The molecule has 7 nitrogen and oxygen atoms in total.